The van der Waals surface area contributed by atoms with Crippen LogP contribution in [-0.2, 0) is 4.79 Å². The van der Waals surface area contributed by atoms with E-state index in [-0.39, 0.29) is 11.8 Å². The van der Waals surface area contributed by atoms with Crippen molar-refractivity contribution in [2.45, 2.75) is 25.3 Å². The van der Waals surface area contributed by atoms with Gasteiger partial charge < -0.3 is 15.5 Å². The molecule has 1 heterocycles. The zero-order chi connectivity index (χ0) is 11.5. The Morgan fingerprint density at radius 1 is 1.44 bits per heavy atom. The second kappa shape index (κ2) is 5.15. The van der Waals surface area contributed by atoms with E-state index in [1.165, 1.54) is 12.8 Å². The van der Waals surface area contributed by atoms with E-state index in [1.807, 2.05) is 0 Å². The largest absolute Gasteiger partial charge is 0.354 e. The minimum Gasteiger partial charge on any atom is -0.354 e. The van der Waals surface area contributed by atoms with E-state index < -0.39 is 0 Å². The predicted octanol–water partition coefficient (Wildman–Crippen LogP) is 0.0523. The second-order valence-corrected chi connectivity index (χ2v) is 5.30. The summed E-state index contributed by atoms with van der Waals surface area (Å²) in [6.07, 6.45) is 3.63. The number of hydrogen-bond donors (Lipinski definition) is 2. The first-order valence-electron chi connectivity index (χ1n) is 6.33. The third-order valence-corrected chi connectivity index (χ3v) is 3.75. The Balaban J connectivity index is 1.74. The topological polar surface area (TPSA) is 44.4 Å². The highest BCUT2D eigenvalue weighted by Crippen LogP contribution is 2.34. The predicted molar refractivity (Wildman–Crippen MR) is 64.2 cm³/mol. The Morgan fingerprint density at radius 2 is 2.19 bits per heavy atom. The highest BCUT2D eigenvalue weighted by Gasteiger charge is 2.33. The first-order chi connectivity index (χ1) is 7.68. The van der Waals surface area contributed by atoms with Gasteiger partial charge in [-0.15, -0.1) is 0 Å². The number of carbonyl (C=O) groups excluding carboxylic acids is 1. The van der Waals surface area contributed by atoms with Crippen LogP contribution in [0.1, 0.15) is 19.3 Å². The zero-order valence-electron chi connectivity index (χ0n) is 10.3. The van der Waals surface area contributed by atoms with Crippen molar-refractivity contribution in [3.05, 3.63) is 0 Å². The van der Waals surface area contributed by atoms with Crippen molar-refractivity contribution in [2.24, 2.45) is 11.8 Å². The second-order valence-electron chi connectivity index (χ2n) is 5.30. The maximum absolute atomic E-state index is 11.8. The summed E-state index contributed by atoms with van der Waals surface area (Å²) in [5.74, 6) is 1.23. The monoisotopic (exact) mass is 225 g/mol. The van der Waals surface area contributed by atoms with Crippen LogP contribution >= 0.6 is 0 Å². The van der Waals surface area contributed by atoms with Gasteiger partial charge in [-0.2, -0.15) is 0 Å². The van der Waals surface area contributed by atoms with Crippen molar-refractivity contribution in [3.8, 4) is 0 Å². The highest BCUT2D eigenvalue weighted by molar-refractivity contribution is 5.79. The molecule has 0 spiro atoms. The molecule has 4 heteroatoms. The van der Waals surface area contributed by atoms with Crippen LogP contribution in [0.2, 0.25) is 0 Å². The molecule has 0 radical (unpaired) electrons. The van der Waals surface area contributed by atoms with E-state index in [2.05, 4.69) is 29.6 Å². The molecule has 1 amide bonds. The van der Waals surface area contributed by atoms with E-state index >= 15 is 0 Å². The Hall–Kier alpha value is -0.610. The lowest BCUT2D eigenvalue weighted by Gasteiger charge is -2.25. The van der Waals surface area contributed by atoms with E-state index in [9.17, 15) is 4.79 Å². The number of carbonyl (C=O) groups is 1. The number of hydrogen-bond acceptors (Lipinski definition) is 3. The van der Waals surface area contributed by atoms with Crippen LogP contribution in [0.3, 0.4) is 0 Å². The van der Waals surface area contributed by atoms with Crippen molar-refractivity contribution < 1.29 is 4.79 Å². The molecule has 1 aliphatic carbocycles. The van der Waals surface area contributed by atoms with Crippen LogP contribution in [0.5, 0.6) is 0 Å². The molecule has 0 aromatic rings. The molecule has 92 valence electrons. The van der Waals surface area contributed by atoms with Gasteiger partial charge in [0.1, 0.15) is 0 Å². The molecule has 2 rings (SSSR count). The summed E-state index contributed by atoms with van der Waals surface area (Å²) in [6.45, 7) is 2.65. The molecular weight excluding hydrogens is 202 g/mol. The summed E-state index contributed by atoms with van der Waals surface area (Å²) in [6, 6.07) is 0.526. The number of nitrogens with zero attached hydrogens (tertiary/aromatic N) is 1. The van der Waals surface area contributed by atoms with Crippen LogP contribution in [0.15, 0.2) is 0 Å². The molecule has 2 unspecified atom stereocenters. The molecule has 2 atom stereocenters. The first-order valence-corrected chi connectivity index (χ1v) is 6.33. The van der Waals surface area contributed by atoms with Crippen molar-refractivity contribution in [3.63, 3.8) is 0 Å². The number of nitrogens with one attached hydrogen (secondary N) is 2. The Bertz CT molecular complexity index is 243. The van der Waals surface area contributed by atoms with Crippen molar-refractivity contribution in [2.75, 3.05) is 33.7 Å². The maximum atomic E-state index is 11.8. The smallest absolute Gasteiger partial charge is 0.224 e. The minimum atomic E-state index is 0.196. The highest BCUT2D eigenvalue weighted by atomic mass is 16.1. The first kappa shape index (κ1) is 11.9. The fourth-order valence-corrected chi connectivity index (χ4v) is 2.48. The summed E-state index contributed by atoms with van der Waals surface area (Å²) in [5.41, 5.74) is 0. The molecule has 2 fully saturated rings. The fraction of sp³-hybridized carbons (Fsp3) is 0.917. The van der Waals surface area contributed by atoms with Gasteiger partial charge >= 0.3 is 0 Å². The zero-order valence-corrected chi connectivity index (χ0v) is 10.3. The summed E-state index contributed by atoms with van der Waals surface area (Å²) in [4.78, 5) is 14.1. The van der Waals surface area contributed by atoms with Crippen LogP contribution < -0.4 is 10.6 Å². The summed E-state index contributed by atoms with van der Waals surface area (Å²) in [5, 5.41) is 6.33. The maximum Gasteiger partial charge on any atom is 0.224 e. The van der Waals surface area contributed by atoms with Gasteiger partial charge in [-0.3, -0.25) is 4.79 Å². The van der Waals surface area contributed by atoms with Gasteiger partial charge in [0.2, 0.25) is 5.91 Å². The van der Waals surface area contributed by atoms with Crippen LogP contribution in [-0.4, -0.2) is 50.6 Å². The van der Waals surface area contributed by atoms with E-state index in [0.717, 1.165) is 32.0 Å². The lowest BCUT2D eigenvalue weighted by Crippen LogP contribution is -2.43. The van der Waals surface area contributed by atoms with E-state index in [4.69, 9.17) is 0 Å². The van der Waals surface area contributed by atoms with Gasteiger partial charge in [0.15, 0.2) is 0 Å². The average molecular weight is 225 g/mol. The molecule has 2 aliphatic rings. The Morgan fingerprint density at radius 3 is 2.69 bits per heavy atom. The summed E-state index contributed by atoms with van der Waals surface area (Å²) >= 11 is 0. The Kier molecular flexibility index (Phi) is 3.82. The Labute approximate surface area is 97.8 Å². The van der Waals surface area contributed by atoms with E-state index in [1.54, 1.807) is 0 Å². The summed E-state index contributed by atoms with van der Waals surface area (Å²) in [7, 11) is 4.21. The standard InChI is InChI=1S/C12H23N3O/c1-15(2)11(9-3-4-9)8-14-12(16)10-5-6-13-7-10/h9-11,13H,3-8H2,1-2H3,(H,14,16). The third kappa shape index (κ3) is 2.95. The molecular formula is C12H23N3O. The van der Waals surface area contributed by atoms with Gasteiger partial charge in [0.05, 0.1) is 5.92 Å². The van der Waals surface area contributed by atoms with E-state index in [0.29, 0.717) is 6.04 Å². The molecule has 1 aliphatic heterocycles. The van der Waals surface area contributed by atoms with Gasteiger partial charge in [-0.1, -0.05) is 0 Å². The third-order valence-electron chi connectivity index (χ3n) is 3.75. The molecule has 1 saturated carbocycles. The van der Waals surface area contributed by atoms with Gasteiger partial charge in [0.25, 0.3) is 0 Å². The average Bonchev–Trinajstić information content (AvgIpc) is 2.93. The molecule has 0 bridgehead atoms. The van der Waals surface area contributed by atoms with Crippen LogP contribution in [0.25, 0.3) is 0 Å². The van der Waals surface area contributed by atoms with Crippen LogP contribution in [0, 0.1) is 11.8 Å². The van der Waals surface area contributed by atoms with Crippen LogP contribution in [0.4, 0.5) is 0 Å². The minimum absolute atomic E-state index is 0.196. The molecule has 16 heavy (non-hydrogen) atoms. The lowest BCUT2D eigenvalue weighted by molar-refractivity contribution is -0.124. The van der Waals surface area contributed by atoms with Gasteiger partial charge in [-0.25, -0.2) is 0 Å². The number of likely N-dealkylation sites (N-methyl/N-ethyl adjacent to an activating group) is 1. The van der Waals surface area contributed by atoms with Gasteiger partial charge in [0, 0.05) is 19.1 Å². The lowest BCUT2D eigenvalue weighted by atomic mass is 10.1. The fourth-order valence-electron chi connectivity index (χ4n) is 2.48. The molecule has 0 aromatic carbocycles. The van der Waals surface area contributed by atoms with Gasteiger partial charge in [-0.05, 0) is 45.8 Å². The molecule has 2 N–H and O–H groups in total. The number of amides is 1. The van der Waals surface area contributed by atoms with Crippen molar-refractivity contribution in [1.29, 1.82) is 0 Å². The number of rotatable bonds is 5. The summed E-state index contributed by atoms with van der Waals surface area (Å²) < 4.78 is 0. The normalized spacial score (nSPS) is 27.1. The molecule has 0 aromatic heterocycles. The molecule has 4 nitrogen and oxygen atoms in total. The molecule has 1 saturated heterocycles. The van der Waals surface area contributed by atoms with Crippen molar-refractivity contribution in [1.82, 2.24) is 15.5 Å². The van der Waals surface area contributed by atoms with Crippen molar-refractivity contribution >= 4 is 5.91 Å². The quantitative estimate of drug-likeness (QED) is 0.695. The SMILES string of the molecule is CN(C)C(CNC(=O)C1CCNC1)C1CC1.